The predicted octanol–water partition coefficient (Wildman–Crippen LogP) is 5.55. The molecule has 0 radical (unpaired) electrons. The van der Waals surface area contributed by atoms with Crippen LogP contribution in [-0.4, -0.2) is 151 Å². The van der Waals surface area contributed by atoms with Crippen molar-refractivity contribution >= 4 is 7.32 Å². The molecule has 0 aromatic rings. The van der Waals surface area contributed by atoms with Crippen LogP contribution in [0.3, 0.4) is 0 Å². The molecule has 3 aliphatic rings. The summed E-state index contributed by atoms with van der Waals surface area (Å²) >= 11 is 0. The fourth-order valence-corrected chi connectivity index (χ4v) is 6.16. The van der Waals surface area contributed by atoms with E-state index >= 15 is 39.5 Å². The number of nitrogens with zero attached hydrogens (tertiary/aromatic N) is 6. The van der Waals surface area contributed by atoms with Crippen molar-refractivity contribution in [2.75, 3.05) is 58.9 Å². The first kappa shape index (κ1) is 42.5. The highest BCUT2D eigenvalue weighted by atomic mass is 19.3. The monoisotopic (exact) mass is 728 g/mol. The number of halogens is 9. The molecule has 0 saturated carbocycles. The molecule has 3 heterocycles. The fraction of sp³-hybridized carbons (Fsp3) is 1.00. The average Bonchev–Trinajstić information content (AvgIpc) is 2.98. The second-order valence-electron chi connectivity index (χ2n) is 14.4. The highest BCUT2D eigenvalue weighted by molar-refractivity contribution is 6.36. The van der Waals surface area contributed by atoms with Crippen LogP contribution in [0.15, 0.2) is 0 Å². The van der Waals surface area contributed by atoms with Gasteiger partial charge in [-0.1, -0.05) is 41.5 Å². The van der Waals surface area contributed by atoms with Crippen LogP contribution in [0, 0.1) is 17.8 Å². The summed E-state index contributed by atoms with van der Waals surface area (Å²) in [6.45, 7) is 12.7. The minimum Gasteiger partial charge on any atom is -0.312 e. The average molecular weight is 729 g/mol. The van der Waals surface area contributed by atoms with Crippen LogP contribution >= 0.6 is 0 Å². The quantitative estimate of drug-likeness (QED) is 0.123. The van der Waals surface area contributed by atoms with E-state index in [1.807, 2.05) is 41.5 Å². The van der Waals surface area contributed by atoms with Crippen molar-refractivity contribution in [2.45, 2.75) is 118 Å². The van der Waals surface area contributed by atoms with Crippen LogP contribution in [0.25, 0.3) is 0 Å². The number of hydrogen-bond acceptors (Lipinski definition) is 9. The lowest BCUT2D eigenvalue weighted by atomic mass is 10.0. The van der Waals surface area contributed by atoms with Gasteiger partial charge in [-0.25, -0.2) is 13.2 Å². The molecule has 0 bridgehead atoms. The van der Waals surface area contributed by atoms with Crippen molar-refractivity contribution in [1.82, 2.24) is 29.4 Å². The molecule has 49 heavy (non-hydrogen) atoms. The Bertz CT molecular complexity index is 918. The van der Waals surface area contributed by atoms with Gasteiger partial charge in [0.15, 0.2) is 18.9 Å². The van der Waals surface area contributed by atoms with E-state index < -0.39 is 84.2 Å². The van der Waals surface area contributed by atoms with E-state index in [-0.39, 0.29) is 70.2 Å². The molecule has 0 N–H and O–H groups in total. The van der Waals surface area contributed by atoms with Crippen molar-refractivity contribution < 1.29 is 53.5 Å². The first-order valence-electron chi connectivity index (χ1n) is 17.1. The van der Waals surface area contributed by atoms with Gasteiger partial charge in [-0.15, -0.1) is 0 Å². The third-order valence-corrected chi connectivity index (χ3v) is 10.4. The van der Waals surface area contributed by atoms with Crippen LogP contribution in [0.5, 0.6) is 0 Å². The maximum absolute atomic E-state index is 15.5. The predicted molar refractivity (Wildman–Crippen MR) is 166 cm³/mol. The van der Waals surface area contributed by atoms with Gasteiger partial charge in [0.25, 0.3) is 0 Å². The lowest BCUT2D eigenvalue weighted by Crippen LogP contribution is -2.65. The first-order chi connectivity index (χ1) is 22.5. The van der Waals surface area contributed by atoms with Crippen LogP contribution in [-0.2, 0) is 14.0 Å². The van der Waals surface area contributed by atoms with Gasteiger partial charge in [0.2, 0.25) is 0 Å². The van der Waals surface area contributed by atoms with Crippen molar-refractivity contribution in [3.05, 3.63) is 0 Å². The van der Waals surface area contributed by atoms with E-state index in [0.29, 0.717) is 0 Å². The Balaban J connectivity index is 1.83. The second kappa shape index (κ2) is 16.8. The molecule has 3 fully saturated rings. The van der Waals surface area contributed by atoms with Gasteiger partial charge in [0.05, 0.1) is 0 Å². The van der Waals surface area contributed by atoms with Gasteiger partial charge >= 0.3 is 26.0 Å². The Morgan fingerprint density at radius 1 is 0.449 bits per heavy atom. The summed E-state index contributed by atoms with van der Waals surface area (Å²) in [5.74, 6) is 0.155. The summed E-state index contributed by atoms with van der Waals surface area (Å²) in [5.41, 5.74) is 0. The Labute approximate surface area is 285 Å². The number of hydrogen-bond donors (Lipinski definition) is 0. The zero-order valence-electron chi connectivity index (χ0n) is 29.9. The number of piperazine rings is 3. The molecule has 3 aliphatic heterocycles. The van der Waals surface area contributed by atoms with Gasteiger partial charge < -0.3 is 14.0 Å². The molecule has 6 atom stereocenters. The van der Waals surface area contributed by atoms with Gasteiger partial charge in [-0.3, -0.25) is 14.7 Å². The summed E-state index contributed by atoms with van der Waals surface area (Å²) in [6.07, 6.45) is -21.6. The lowest BCUT2D eigenvalue weighted by molar-refractivity contribution is -0.380. The Kier molecular flexibility index (Phi) is 14.6. The molecule has 0 aromatic carbocycles. The number of rotatable bonds is 15. The minimum atomic E-state index is -4.82. The minimum absolute atomic E-state index is 0.0516. The molecule has 288 valence electrons. The Hall–Kier alpha value is -0.925. The number of alkyl halides is 9. The van der Waals surface area contributed by atoms with E-state index in [4.69, 9.17) is 0 Å². The smallest absolute Gasteiger partial charge is 0.312 e. The van der Waals surface area contributed by atoms with Gasteiger partial charge in [-0.2, -0.15) is 41.0 Å². The molecule has 9 nitrogen and oxygen atoms in total. The molecule has 6 unspecified atom stereocenters. The summed E-state index contributed by atoms with van der Waals surface area (Å²) in [4.78, 5) is 4.45. The van der Waals surface area contributed by atoms with Crippen molar-refractivity contribution in [3.8, 4) is 0 Å². The second-order valence-corrected chi connectivity index (χ2v) is 14.4. The topological polar surface area (TPSA) is 47.1 Å². The zero-order chi connectivity index (χ0) is 37.2. The molecule has 0 spiro atoms. The molecule has 0 amide bonds. The van der Waals surface area contributed by atoms with E-state index in [1.165, 1.54) is 0 Å². The highest BCUT2D eigenvalue weighted by Crippen LogP contribution is 2.37. The highest BCUT2D eigenvalue weighted by Gasteiger charge is 2.59. The summed E-state index contributed by atoms with van der Waals surface area (Å²) in [7, 11) is -3.60. The van der Waals surface area contributed by atoms with Crippen LogP contribution in [0.2, 0.25) is 0 Å². The maximum Gasteiger partial charge on any atom is 0.655 e. The zero-order valence-corrected chi connectivity index (χ0v) is 29.9. The van der Waals surface area contributed by atoms with Crippen molar-refractivity contribution in [2.24, 2.45) is 17.8 Å². The third-order valence-electron chi connectivity index (χ3n) is 10.4. The Morgan fingerprint density at radius 3 is 0.857 bits per heavy atom. The Morgan fingerprint density at radius 2 is 0.673 bits per heavy atom. The lowest BCUT2D eigenvalue weighted by Gasteiger charge is -2.46. The standard InChI is InChI=1S/C30H54BF9N6O3/c1-19(2)22(7)41-10-13-44(25(32)16-41)28(35,36)47-31(48-29(37,38)45-14-11-42(17-26(45)33)23(8)20(3)4)49-30(39,40)46-15-12-43(18-27(46)34)24(9)21(5)6/h19-27H,10-18H2,1-9H3. The van der Waals surface area contributed by atoms with E-state index in [2.05, 4.69) is 14.0 Å². The van der Waals surface area contributed by atoms with E-state index in [0.717, 1.165) is 0 Å². The van der Waals surface area contributed by atoms with Crippen LogP contribution in [0.4, 0.5) is 39.5 Å². The third kappa shape index (κ3) is 10.6. The summed E-state index contributed by atoms with van der Waals surface area (Å²) in [6, 6.07) is -0.578. The maximum atomic E-state index is 15.5. The van der Waals surface area contributed by atoms with Gasteiger partial charge in [-0.05, 0) is 38.5 Å². The van der Waals surface area contributed by atoms with Gasteiger partial charge in [0.1, 0.15) is 0 Å². The molecule has 3 saturated heterocycles. The van der Waals surface area contributed by atoms with Crippen molar-refractivity contribution in [1.29, 1.82) is 0 Å². The van der Waals surface area contributed by atoms with E-state index in [1.54, 1.807) is 35.5 Å². The summed E-state index contributed by atoms with van der Waals surface area (Å²) in [5, 5.41) is 0. The molecule has 0 aromatic heterocycles. The fourth-order valence-electron chi connectivity index (χ4n) is 6.16. The van der Waals surface area contributed by atoms with Crippen LogP contribution in [0.1, 0.15) is 62.3 Å². The largest absolute Gasteiger partial charge is 0.655 e. The molecule has 0 aliphatic carbocycles. The summed E-state index contributed by atoms with van der Waals surface area (Å²) < 4.78 is 152. The molecular formula is C30H54BF9N6O3. The van der Waals surface area contributed by atoms with Crippen LogP contribution < -0.4 is 0 Å². The normalized spacial score (nSPS) is 27.7. The van der Waals surface area contributed by atoms with E-state index in [9.17, 15) is 0 Å². The molecule has 19 heteroatoms. The van der Waals surface area contributed by atoms with Crippen molar-refractivity contribution in [3.63, 3.8) is 0 Å². The van der Waals surface area contributed by atoms with Gasteiger partial charge in [0, 0.05) is 77.0 Å². The first-order valence-corrected chi connectivity index (χ1v) is 17.1. The molecular weight excluding hydrogens is 674 g/mol. The molecule has 3 rings (SSSR count). The SMILES string of the molecule is CC(C)C(C)N1CCN(C(F)(F)OB(OC(F)(F)N2CCN(C(C)C(C)C)CC2F)OC(F)(F)N2CCN(C(C)C(C)C)CC2F)C(F)C1.